The average molecular weight is 205 g/mol. The molecule has 1 heterocycles. The van der Waals surface area contributed by atoms with E-state index in [2.05, 4.69) is 0 Å². The third kappa shape index (κ3) is 2.18. The fourth-order valence-corrected chi connectivity index (χ4v) is 1.86. The summed E-state index contributed by atoms with van der Waals surface area (Å²) in [7, 11) is 1.68. The molecule has 2 rings (SSSR count). The highest BCUT2D eigenvalue weighted by molar-refractivity contribution is 5.95. The van der Waals surface area contributed by atoms with Gasteiger partial charge in [-0.05, 0) is 24.1 Å². The van der Waals surface area contributed by atoms with Crippen molar-refractivity contribution in [2.75, 3.05) is 18.6 Å². The predicted octanol–water partition coefficient (Wildman–Crippen LogP) is 1.96. The molecule has 3 nitrogen and oxygen atoms in total. The van der Waals surface area contributed by atoms with Gasteiger partial charge in [0.1, 0.15) is 0 Å². The number of amides is 1. The van der Waals surface area contributed by atoms with Crippen LogP contribution in [-0.4, -0.2) is 19.6 Å². The summed E-state index contributed by atoms with van der Waals surface area (Å²) in [6, 6.07) is 7.98. The number of rotatable bonds is 3. The Labute approximate surface area is 89.7 Å². The summed E-state index contributed by atoms with van der Waals surface area (Å²) in [4.78, 5) is 13.3. The van der Waals surface area contributed by atoms with Gasteiger partial charge in [0.2, 0.25) is 5.91 Å². The zero-order valence-electron chi connectivity index (χ0n) is 8.90. The van der Waals surface area contributed by atoms with Crippen LogP contribution in [0.15, 0.2) is 24.3 Å². The highest BCUT2D eigenvalue weighted by Gasteiger charge is 2.21. The maximum absolute atomic E-state index is 11.5. The molecule has 0 radical (unpaired) electrons. The highest BCUT2D eigenvalue weighted by atomic mass is 16.5. The largest absolute Gasteiger partial charge is 0.380 e. The summed E-state index contributed by atoms with van der Waals surface area (Å²) in [5, 5.41) is 0. The van der Waals surface area contributed by atoms with Crippen molar-refractivity contribution in [1.29, 1.82) is 0 Å². The van der Waals surface area contributed by atoms with Gasteiger partial charge in [-0.2, -0.15) is 0 Å². The van der Waals surface area contributed by atoms with E-state index in [1.807, 2.05) is 29.2 Å². The van der Waals surface area contributed by atoms with Crippen LogP contribution in [-0.2, 0) is 16.1 Å². The SMILES string of the molecule is COCc1ccc(N2CCCC2=O)cc1. The Bertz CT molecular complexity index is 345. The second-order valence-electron chi connectivity index (χ2n) is 3.75. The molecule has 1 aliphatic rings. The normalized spacial score (nSPS) is 16.1. The van der Waals surface area contributed by atoms with E-state index in [-0.39, 0.29) is 5.91 Å². The molecule has 1 fully saturated rings. The van der Waals surface area contributed by atoms with E-state index in [0.29, 0.717) is 13.0 Å². The van der Waals surface area contributed by atoms with E-state index in [1.165, 1.54) is 0 Å². The second-order valence-corrected chi connectivity index (χ2v) is 3.75. The lowest BCUT2D eigenvalue weighted by Gasteiger charge is -2.15. The Morgan fingerprint density at radius 3 is 2.60 bits per heavy atom. The van der Waals surface area contributed by atoms with E-state index in [1.54, 1.807) is 7.11 Å². The topological polar surface area (TPSA) is 29.5 Å². The molecule has 0 spiro atoms. The minimum absolute atomic E-state index is 0.231. The smallest absolute Gasteiger partial charge is 0.227 e. The van der Waals surface area contributed by atoms with Crippen molar-refractivity contribution >= 4 is 11.6 Å². The van der Waals surface area contributed by atoms with Crippen molar-refractivity contribution in [3.05, 3.63) is 29.8 Å². The monoisotopic (exact) mass is 205 g/mol. The standard InChI is InChI=1S/C12H15NO2/c1-15-9-10-4-6-11(7-5-10)13-8-2-3-12(13)14/h4-7H,2-3,8-9H2,1H3. The van der Waals surface area contributed by atoms with Gasteiger partial charge in [0.25, 0.3) is 0 Å². The third-order valence-corrected chi connectivity index (χ3v) is 2.63. The van der Waals surface area contributed by atoms with Crippen molar-refractivity contribution in [1.82, 2.24) is 0 Å². The lowest BCUT2D eigenvalue weighted by molar-refractivity contribution is -0.117. The van der Waals surface area contributed by atoms with E-state index in [0.717, 1.165) is 24.2 Å². The molecule has 3 heteroatoms. The molecule has 0 aliphatic carbocycles. The molecule has 0 aromatic heterocycles. The minimum atomic E-state index is 0.231. The first-order valence-corrected chi connectivity index (χ1v) is 5.19. The lowest BCUT2D eigenvalue weighted by Crippen LogP contribution is -2.23. The van der Waals surface area contributed by atoms with Crippen LogP contribution in [0.25, 0.3) is 0 Å². The first-order valence-electron chi connectivity index (χ1n) is 5.19. The molecule has 80 valence electrons. The average Bonchev–Trinajstić information content (AvgIpc) is 2.66. The van der Waals surface area contributed by atoms with Crippen LogP contribution in [0.1, 0.15) is 18.4 Å². The minimum Gasteiger partial charge on any atom is -0.380 e. The van der Waals surface area contributed by atoms with Gasteiger partial charge < -0.3 is 9.64 Å². The number of carbonyl (C=O) groups is 1. The maximum Gasteiger partial charge on any atom is 0.227 e. The third-order valence-electron chi connectivity index (χ3n) is 2.63. The Balaban J connectivity index is 2.12. The van der Waals surface area contributed by atoms with E-state index in [9.17, 15) is 4.79 Å². The van der Waals surface area contributed by atoms with E-state index in [4.69, 9.17) is 4.74 Å². The summed E-state index contributed by atoms with van der Waals surface area (Å²) in [6.45, 7) is 1.47. The first kappa shape index (κ1) is 10.2. The molecule has 0 bridgehead atoms. The summed E-state index contributed by atoms with van der Waals surface area (Å²) < 4.78 is 5.03. The Morgan fingerprint density at radius 1 is 1.33 bits per heavy atom. The van der Waals surface area contributed by atoms with Crippen molar-refractivity contribution in [2.24, 2.45) is 0 Å². The van der Waals surface area contributed by atoms with Gasteiger partial charge in [-0.1, -0.05) is 12.1 Å². The van der Waals surface area contributed by atoms with Crippen molar-refractivity contribution in [3.8, 4) is 0 Å². The summed E-state index contributed by atoms with van der Waals surface area (Å²) in [5.74, 6) is 0.231. The first-order chi connectivity index (χ1) is 7.31. The number of methoxy groups -OCH3 is 1. The van der Waals surface area contributed by atoms with E-state index >= 15 is 0 Å². The van der Waals surface area contributed by atoms with Gasteiger partial charge in [-0.15, -0.1) is 0 Å². The highest BCUT2D eigenvalue weighted by Crippen LogP contribution is 2.21. The summed E-state index contributed by atoms with van der Waals surface area (Å²) in [6.07, 6.45) is 1.65. The molecule has 15 heavy (non-hydrogen) atoms. The van der Waals surface area contributed by atoms with Crippen LogP contribution in [0.5, 0.6) is 0 Å². The molecule has 0 atom stereocenters. The molecular formula is C12H15NO2. The molecule has 1 aromatic carbocycles. The molecule has 1 aromatic rings. The van der Waals surface area contributed by atoms with Crippen molar-refractivity contribution in [3.63, 3.8) is 0 Å². The van der Waals surface area contributed by atoms with Crippen LogP contribution in [0.4, 0.5) is 5.69 Å². The van der Waals surface area contributed by atoms with Crippen molar-refractivity contribution in [2.45, 2.75) is 19.4 Å². The van der Waals surface area contributed by atoms with E-state index < -0.39 is 0 Å². The van der Waals surface area contributed by atoms with Gasteiger partial charge in [-0.3, -0.25) is 4.79 Å². The van der Waals surface area contributed by atoms with Crippen LogP contribution < -0.4 is 4.90 Å². The number of hydrogen-bond donors (Lipinski definition) is 0. The van der Waals surface area contributed by atoms with Crippen LogP contribution in [0, 0.1) is 0 Å². The zero-order chi connectivity index (χ0) is 10.7. The fourth-order valence-electron chi connectivity index (χ4n) is 1.86. The number of ether oxygens (including phenoxy) is 1. The van der Waals surface area contributed by atoms with Gasteiger partial charge >= 0.3 is 0 Å². The van der Waals surface area contributed by atoms with Crippen molar-refractivity contribution < 1.29 is 9.53 Å². The van der Waals surface area contributed by atoms with Gasteiger partial charge in [0.05, 0.1) is 6.61 Å². The number of benzene rings is 1. The van der Waals surface area contributed by atoms with Gasteiger partial charge in [0, 0.05) is 25.8 Å². The zero-order valence-corrected chi connectivity index (χ0v) is 8.90. The molecule has 1 amide bonds. The number of carbonyl (C=O) groups excluding carboxylic acids is 1. The van der Waals surface area contributed by atoms with Crippen LogP contribution >= 0.6 is 0 Å². The lowest BCUT2D eigenvalue weighted by atomic mass is 10.2. The quantitative estimate of drug-likeness (QED) is 0.755. The van der Waals surface area contributed by atoms with Crippen LogP contribution in [0.3, 0.4) is 0 Å². The predicted molar refractivity (Wildman–Crippen MR) is 58.7 cm³/mol. The fraction of sp³-hybridized carbons (Fsp3) is 0.417. The maximum atomic E-state index is 11.5. The van der Waals surface area contributed by atoms with Gasteiger partial charge in [-0.25, -0.2) is 0 Å². The molecule has 0 unspecified atom stereocenters. The second kappa shape index (κ2) is 4.45. The molecule has 1 saturated heterocycles. The summed E-state index contributed by atoms with van der Waals surface area (Å²) >= 11 is 0. The molecule has 0 N–H and O–H groups in total. The Kier molecular flexibility index (Phi) is 3.02. The summed E-state index contributed by atoms with van der Waals surface area (Å²) in [5.41, 5.74) is 2.13. The Morgan fingerprint density at radius 2 is 2.07 bits per heavy atom. The number of anilines is 1. The molecular weight excluding hydrogens is 190 g/mol. The number of nitrogens with zero attached hydrogens (tertiary/aromatic N) is 1. The molecule has 0 saturated carbocycles. The Hall–Kier alpha value is -1.35. The van der Waals surface area contributed by atoms with Crippen LogP contribution in [0.2, 0.25) is 0 Å². The number of hydrogen-bond acceptors (Lipinski definition) is 2. The molecule has 1 aliphatic heterocycles. The van der Waals surface area contributed by atoms with Gasteiger partial charge in [0.15, 0.2) is 0 Å².